The van der Waals surface area contributed by atoms with Crippen LogP contribution in [0.3, 0.4) is 0 Å². The summed E-state index contributed by atoms with van der Waals surface area (Å²) in [6, 6.07) is 20.0. The van der Waals surface area contributed by atoms with E-state index in [1.165, 1.54) is 0 Å². The Morgan fingerprint density at radius 2 is 1.61 bits per heavy atom. The van der Waals surface area contributed by atoms with Gasteiger partial charge in [0.05, 0.1) is 18.2 Å². The zero-order valence-electron chi connectivity index (χ0n) is 16.1. The average Bonchev–Trinajstić information content (AvgIpc) is 3.59. The van der Waals surface area contributed by atoms with Crippen LogP contribution in [0.15, 0.2) is 60.7 Å². The fourth-order valence-corrected chi connectivity index (χ4v) is 3.77. The van der Waals surface area contributed by atoms with E-state index in [0.29, 0.717) is 13.1 Å². The third kappa shape index (κ3) is 4.53. The lowest BCUT2D eigenvalue weighted by atomic mass is 9.97. The molecule has 2 fully saturated rings. The minimum absolute atomic E-state index is 0.00641. The molecular formula is C23H27N3O2. The molecule has 0 aromatic heterocycles. The molecular weight excluding hydrogens is 350 g/mol. The molecule has 2 aliphatic rings. The van der Waals surface area contributed by atoms with Gasteiger partial charge in [-0.1, -0.05) is 48.5 Å². The number of nitrogens with zero attached hydrogens (tertiary/aromatic N) is 2. The first-order chi connectivity index (χ1) is 13.7. The van der Waals surface area contributed by atoms with Crippen LogP contribution in [-0.4, -0.2) is 29.8 Å². The summed E-state index contributed by atoms with van der Waals surface area (Å²) in [4.78, 5) is 27.3. The second-order valence-corrected chi connectivity index (χ2v) is 7.78. The first-order valence-corrected chi connectivity index (χ1v) is 10.2. The highest BCUT2D eigenvalue weighted by Crippen LogP contribution is 2.32. The van der Waals surface area contributed by atoms with Crippen LogP contribution < -0.4 is 10.4 Å². The van der Waals surface area contributed by atoms with Gasteiger partial charge in [0.2, 0.25) is 11.8 Å². The van der Waals surface area contributed by atoms with Crippen molar-refractivity contribution in [3.05, 3.63) is 66.2 Å². The molecule has 2 aromatic carbocycles. The summed E-state index contributed by atoms with van der Waals surface area (Å²) in [6.45, 7) is 1.91. The number of likely N-dealkylation sites (tertiary alicyclic amines) is 1. The van der Waals surface area contributed by atoms with Gasteiger partial charge < -0.3 is 4.90 Å². The quantitative estimate of drug-likeness (QED) is 0.786. The normalized spacial score (nSPS) is 19.1. The van der Waals surface area contributed by atoms with Crippen molar-refractivity contribution in [2.45, 2.75) is 32.2 Å². The van der Waals surface area contributed by atoms with Crippen LogP contribution in [0.1, 0.15) is 31.2 Å². The summed E-state index contributed by atoms with van der Waals surface area (Å²) in [5.41, 5.74) is 5.18. The minimum atomic E-state index is -0.154. The predicted octanol–water partition coefficient (Wildman–Crippen LogP) is 3.37. The highest BCUT2D eigenvalue weighted by molar-refractivity contribution is 5.84. The fraction of sp³-hybridized carbons (Fsp3) is 0.391. The maximum absolute atomic E-state index is 13.0. The van der Waals surface area contributed by atoms with Gasteiger partial charge in [0.15, 0.2) is 0 Å². The molecule has 1 N–H and O–H groups in total. The topological polar surface area (TPSA) is 52.7 Å². The van der Waals surface area contributed by atoms with Gasteiger partial charge in [0.25, 0.3) is 0 Å². The second-order valence-electron chi connectivity index (χ2n) is 7.78. The molecule has 1 aliphatic heterocycles. The first-order valence-electron chi connectivity index (χ1n) is 10.2. The van der Waals surface area contributed by atoms with Gasteiger partial charge in [0.1, 0.15) is 0 Å². The molecule has 146 valence electrons. The number of amides is 2. The van der Waals surface area contributed by atoms with Crippen LogP contribution in [-0.2, 0) is 16.1 Å². The van der Waals surface area contributed by atoms with Crippen LogP contribution in [0.4, 0.5) is 5.69 Å². The molecule has 28 heavy (non-hydrogen) atoms. The Morgan fingerprint density at radius 1 is 0.929 bits per heavy atom. The third-order valence-corrected chi connectivity index (χ3v) is 5.53. The minimum Gasteiger partial charge on any atom is -0.342 e. The molecule has 4 rings (SSSR count). The van der Waals surface area contributed by atoms with Crippen LogP contribution in [0.2, 0.25) is 0 Å². The standard InChI is InChI=1S/C23H27N3O2/c27-22(20-10-7-15-25(17-20)23(28)19-13-14-19)24-26(21-11-5-2-6-12-21)16-18-8-3-1-4-9-18/h1-6,8-9,11-12,19-20H,7,10,13-17H2,(H,24,27). The summed E-state index contributed by atoms with van der Waals surface area (Å²) in [5, 5.41) is 1.90. The van der Waals surface area contributed by atoms with E-state index in [1.807, 2.05) is 58.4 Å². The van der Waals surface area contributed by atoms with Crippen molar-refractivity contribution < 1.29 is 9.59 Å². The number of carbonyl (C=O) groups is 2. The number of hydrazine groups is 1. The van der Waals surface area contributed by atoms with Gasteiger partial charge in [-0.05, 0) is 43.4 Å². The lowest BCUT2D eigenvalue weighted by Gasteiger charge is -2.34. The molecule has 2 aromatic rings. The molecule has 0 bridgehead atoms. The highest BCUT2D eigenvalue weighted by Gasteiger charge is 2.37. The number of hydrogen-bond acceptors (Lipinski definition) is 3. The van der Waals surface area contributed by atoms with Crippen LogP contribution in [0, 0.1) is 11.8 Å². The monoisotopic (exact) mass is 377 g/mol. The van der Waals surface area contributed by atoms with Crippen molar-refractivity contribution >= 4 is 17.5 Å². The molecule has 2 amide bonds. The van der Waals surface area contributed by atoms with Crippen molar-refractivity contribution in [2.24, 2.45) is 11.8 Å². The van der Waals surface area contributed by atoms with Crippen molar-refractivity contribution in [3.63, 3.8) is 0 Å². The van der Waals surface area contributed by atoms with E-state index in [0.717, 1.165) is 43.5 Å². The molecule has 1 atom stereocenters. The molecule has 1 heterocycles. The number of nitrogens with one attached hydrogen (secondary N) is 1. The van der Waals surface area contributed by atoms with Gasteiger partial charge in [-0.25, -0.2) is 0 Å². The van der Waals surface area contributed by atoms with Gasteiger partial charge in [0, 0.05) is 19.0 Å². The summed E-state index contributed by atoms with van der Waals surface area (Å²) < 4.78 is 0. The predicted molar refractivity (Wildman–Crippen MR) is 109 cm³/mol. The molecule has 5 nitrogen and oxygen atoms in total. The second kappa shape index (κ2) is 8.46. The van der Waals surface area contributed by atoms with E-state index in [1.54, 1.807) is 0 Å². The maximum Gasteiger partial charge on any atom is 0.243 e. The average molecular weight is 377 g/mol. The zero-order chi connectivity index (χ0) is 19.3. The van der Waals surface area contributed by atoms with E-state index in [4.69, 9.17) is 0 Å². The van der Waals surface area contributed by atoms with Crippen molar-refractivity contribution in [1.82, 2.24) is 10.3 Å². The summed E-state index contributed by atoms with van der Waals surface area (Å²) in [7, 11) is 0. The molecule has 5 heteroatoms. The summed E-state index contributed by atoms with van der Waals surface area (Å²) in [6.07, 6.45) is 3.73. The SMILES string of the molecule is O=C(NN(Cc1ccccc1)c1ccccc1)C1CCCN(C(=O)C2CC2)C1. The summed E-state index contributed by atoms with van der Waals surface area (Å²) >= 11 is 0. The van der Waals surface area contributed by atoms with Gasteiger partial charge in [-0.2, -0.15) is 0 Å². The van der Waals surface area contributed by atoms with E-state index in [2.05, 4.69) is 17.6 Å². The van der Waals surface area contributed by atoms with E-state index < -0.39 is 0 Å². The number of benzene rings is 2. The number of para-hydroxylation sites is 1. The number of rotatable bonds is 6. The lowest BCUT2D eigenvalue weighted by Crippen LogP contribution is -2.50. The number of hydrogen-bond donors (Lipinski definition) is 1. The number of carbonyl (C=O) groups excluding carboxylic acids is 2. The summed E-state index contributed by atoms with van der Waals surface area (Å²) in [5.74, 6) is 0.286. The smallest absolute Gasteiger partial charge is 0.243 e. The Morgan fingerprint density at radius 3 is 2.29 bits per heavy atom. The molecule has 1 saturated carbocycles. The van der Waals surface area contributed by atoms with E-state index >= 15 is 0 Å². The fourth-order valence-electron chi connectivity index (χ4n) is 3.77. The highest BCUT2D eigenvalue weighted by atomic mass is 16.2. The van der Waals surface area contributed by atoms with E-state index in [9.17, 15) is 9.59 Å². The van der Waals surface area contributed by atoms with E-state index in [-0.39, 0.29) is 23.7 Å². The lowest BCUT2D eigenvalue weighted by molar-refractivity contribution is -0.136. The number of anilines is 1. The largest absolute Gasteiger partial charge is 0.342 e. The Kier molecular flexibility index (Phi) is 5.60. The molecule has 1 aliphatic carbocycles. The van der Waals surface area contributed by atoms with Crippen LogP contribution >= 0.6 is 0 Å². The first kappa shape index (κ1) is 18.5. The van der Waals surface area contributed by atoms with Gasteiger partial charge in [-0.3, -0.25) is 20.0 Å². The maximum atomic E-state index is 13.0. The van der Waals surface area contributed by atoms with Gasteiger partial charge in [-0.15, -0.1) is 0 Å². The van der Waals surface area contributed by atoms with Crippen molar-refractivity contribution in [2.75, 3.05) is 18.1 Å². The molecule has 0 spiro atoms. The van der Waals surface area contributed by atoms with Crippen molar-refractivity contribution in [3.8, 4) is 0 Å². The Balaban J connectivity index is 1.44. The Hall–Kier alpha value is -2.82. The molecule has 1 saturated heterocycles. The molecule has 0 radical (unpaired) electrons. The van der Waals surface area contributed by atoms with Crippen LogP contribution in [0.25, 0.3) is 0 Å². The van der Waals surface area contributed by atoms with Gasteiger partial charge >= 0.3 is 0 Å². The zero-order valence-corrected chi connectivity index (χ0v) is 16.1. The number of piperidine rings is 1. The Labute approximate surface area is 166 Å². The third-order valence-electron chi connectivity index (χ3n) is 5.53. The molecule has 1 unspecified atom stereocenters. The van der Waals surface area contributed by atoms with Crippen LogP contribution in [0.5, 0.6) is 0 Å². The van der Waals surface area contributed by atoms with Crippen molar-refractivity contribution in [1.29, 1.82) is 0 Å². The Bertz CT molecular complexity index is 805.